The first-order valence-corrected chi connectivity index (χ1v) is 7.67. The molecule has 23 heavy (non-hydrogen) atoms. The number of benzene rings is 1. The van der Waals surface area contributed by atoms with E-state index in [2.05, 4.69) is 20.9 Å². The number of guanidine groups is 1. The van der Waals surface area contributed by atoms with Crippen molar-refractivity contribution in [1.29, 1.82) is 0 Å². The lowest BCUT2D eigenvalue weighted by Crippen LogP contribution is -2.39. The number of aliphatic imine (C=N–C) groups is 1. The van der Waals surface area contributed by atoms with E-state index in [-0.39, 0.29) is 12.5 Å². The highest BCUT2D eigenvalue weighted by atomic mass is 16.3. The lowest BCUT2D eigenvalue weighted by Gasteiger charge is -2.10. The number of amides is 1. The highest BCUT2D eigenvalue weighted by Crippen LogP contribution is 2.04. The zero-order valence-electron chi connectivity index (χ0n) is 13.2. The average molecular weight is 314 g/mol. The summed E-state index contributed by atoms with van der Waals surface area (Å²) in [6.45, 7) is 3.45. The Balaban J connectivity index is 1.79. The summed E-state index contributed by atoms with van der Waals surface area (Å²) < 4.78 is 5.28. The van der Waals surface area contributed by atoms with E-state index in [1.165, 1.54) is 0 Å². The van der Waals surface area contributed by atoms with Crippen LogP contribution in [0.5, 0.6) is 0 Å². The molecule has 0 aliphatic heterocycles. The van der Waals surface area contributed by atoms with Gasteiger partial charge in [-0.3, -0.25) is 4.79 Å². The van der Waals surface area contributed by atoms with Gasteiger partial charge in [0, 0.05) is 25.2 Å². The Bertz CT molecular complexity index is 609. The predicted octanol–water partition coefficient (Wildman–Crippen LogP) is 2.02. The molecule has 1 aromatic carbocycles. The van der Waals surface area contributed by atoms with Crippen LogP contribution in [0.3, 0.4) is 0 Å². The van der Waals surface area contributed by atoms with Crippen LogP contribution in [-0.2, 0) is 11.2 Å². The van der Waals surface area contributed by atoms with Crippen LogP contribution in [0.2, 0.25) is 0 Å². The van der Waals surface area contributed by atoms with Gasteiger partial charge in [-0.15, -0.1) is 0 Å². The molecule has 0 bridgehead atoms. The van der Waals surface area contributed by atoms with Crippen LogP contribution < -0.4 is 16.0 Å². The van der Waals surface area contributed by atoms with E-state index in [1.54, 1.807) is 6.26 Å². The highest BCUT2D eigenvalue weighted by molar-refractivity contribution is 5.94. The second kappa shape index (κ2) is 9.30. The third-order valence-corrected chi connectivity index (χ3v) is 3.03. The summed E-state index contributed by atoms with van der Waals surface area (Å²) in [6.07, 6.45) is 2.41. The Morgan fingerprint density at radius 2 is 1.96 bits per heavy atom. The molecular weight excluding hydrogens is 292 g/mol. The SMILES string of the molecule is CCNC(=NCC(=O)Nc1ccccc1)NCCc1ccco1. The lowest BCUT2D eigenvalue weighted by atomic mass is 10.3. The summed E-state index contributed by atoms with van der Waals surface area (Å²) in [6, 6.07) is 13.1. The molecule has 0 radical (unpaired) electrons. The van der Waals surface area contributed by atoms with E-state index in [0.717, 1.165) is 24.4 Å². The first kappa shape index (κ1) is 16.6. The van der Waals surface area contributed by atoms with Crippen molar-refractivity contribution in [2.45, 2.75) is 13.3 Å². The molecule has 6 nitrogen and oxygen atoms in total. The average Bonchev–Trinajstić information content (AvgIpc) is 3.07. The number of hydrogen-bond acceptors (Lipinski definition) is 3. The molecule has 0 saturated carbocycles. The van der Waals surface area contributed by atoms with E-state index >= 15 is 0 Å². The van der Waals surface area contributed by atoms with Crippen molar-refractivity contribution < 1.29 is 9.21 Å². The van der Waals surface area contributed by atoms with Crippen LogP contribution in [0, 0.1) is 0 Å². The monoisotopic (exact) mass is 314 g/mol. The molecular formula is C17H22N4O2. The molecule has 2 aromatic rings. The molecule has 0 unspecified atom stereocenters. The fourth-order valence-electron chi connectivity index (χ4n) is 1.97. The van der Waals surface area contributed by atoms with Gasteiger partial charge in [0.15, 0.2) is 5.96 Å². The van der Waals surface area contributed by atoms with Gasteiger partial charge in [0.05, 0.1) is 6.26 Å². The smallest absolute Gasteiger partial charge is 0.246 e. The molecule has 3 N–H and O–H groups in total. The normalized spacial score (nSPS) is 11.1. The van der Waals surface area contributed by atoms with Gasteiger partial charge in [-0.05, 0) is 31.2 Å². The van der Waals surface area contributed by atoms with Crippen molar-refractivity contribution in [2.75, 3.05) is 25.0 Å². The fraction of sp³-hybridized carbons (Fsp3) is 0.294. The molecule has 0 fully saturated rings. The predicted molar refractivity (Wildman–Crippen MR) is 91.5 cm³/mol. The number of furan rings is 1. The van der Waals surface area contributed by atoms with E-state index in [4.69, 9.17) is 4.42 Å². The molecule has 0 atom stereocenters. The summed E-state index contributed by atoms with van der Waals surface area (Å²) >= 11 is 0. The number of carbonyl (C=O) groups excluding carboxylic acids is 1. The summed E-state index contributed by atoms with van der Waals surface area (Å²) in [5.74, 6) is 1.37. The van der Waals surface area contributed by atoms with E-state index in [9.17, 15) is 4.79 Å². The van der Waals surface area contributed by atoms with Gasteiger partial charge >= 0.3 is 0 Å². The topological polar surface area (TPSA) is 78.7 Å². The highest BCUT2D eigenvalue weighted by Gasteiger charge is 2.03. The van der Waals surface area contributed by atoms with E-state index in [1.807, 2.05) is 49.4 Å². The quantitative estimate of drug-likeness (QED) is 0.540. The molecule has 1 heterocycles. The number of carbonyl (C=O) groups is 1. The van der Waals surface area contributed by atoms with Gasteiger partial charge in [-0.25, -0.2) is 4.99 Å². The number of nitrogens with zero attached hydrogens (tertiary/aromatic N) is 1. The van der Waals surface area contributed by atoms with Crippen molar-refractivity contribution in [2.24, 2.45) is 4.99 Å². The fourth-order valence-corrected chi connectivity index (χ4v) is 1.97. The van der Waals surface area contributed by atoms with Crippen molar-refractivity contribution >= 4 is 17.6 Å². The van der Waals surface area contributed by atoms with Crippen LogP contribution in [0.25, 0.3) is 0 Å². The number of para-hydroxylation sites is 1. The van der Waals surface area contributed by atoms with E-state index in [0.29, 0.717) is 12.5 Å². The molecule has 6 heteroatoms. The van der Waals surface area contributed by atoms with Crippen LogP contribution in [0.15, 0.2) is 58.1 Å². The molecule has 0 spiro atoms. The molecule has 1 amide bonds. The summed E-state index contributed by atoms with van der Waals surface area (Å²) in [4.78, 5) is 16.2. The van der Waals surface area contributed by atoms with Crippen molar-refractivity contribution in [3.63, 3.8) is 0 Å². The third-order valence-electron chi connectivity index (χ3n) is 3.03. The Morgan fingerprint density at radius 1 is 1.13 bits per heavy atom. The van der Waals surface area contributed by atoms with Crippen molar-refractivity contribution in [3.05, 3.63) is 54.5 Å². The zero-order valence-corrected chi connectivity index (χ0v) is 13.2. The first-order chi connectivity index (χ1) is 11.3. The molecule has 0 saturated heterocycles. The summed E-state index contributed by atoms with van der Waals surface area (Å²) in [5, 5.41) is 9.09. The summed E-state index contributed by atoms with van der Waals surface area (Å²) in [7, 11) is 0. The molecule has 0 aliphatic carbocycles. The van der Waals surface area contributed by atoms with E-state index < -0.39 is 0 Å². The standard InChI is InChI=1S/C17H22N4O2/c1-2-18-17(19-11-10-15-9-6-12-23-15)20-13-16(22)21-14-7-4-3-5-8-14/h3-9,12H,2,10-11,13H2,1H3,(H,21,22)(H2,18,19,20). The Kier molecular flexibility index (Phi) is 6.71. The van der Waals surface area contributed by atoms with Crippen molar-refractivity contribution in [1.82, 2.24) is 10.6 Å². The number of nitrogens with one attached hydrogen (secondary N) is 3. The second-order valence-electron chi connectivity index (χ2n) is 4.87. The van der Waals surface area contributed by atoms with Gasteiger partial charge in [-0.2, -0.15) is 0 Å². The third kappa shape index (κ3) is 6.25. The maximum atomic E-state index is 11.9. The lowest BCUT2D eigenvalue weighted by molar-refractivity contribution is -0.114. The second-order valence-corrected chi connectivity index (χ2v) is 4.87. The Hall–Kier alpha value is -2.76. The van der Waals surface area contributed by atoms with Gasteiger partial charge in [0.25, 0.3) is 0 Å². The van der Waals surface area contributed by atoms with Crippen molar-refractivity contribution in [3.8, 4) is 0 Å². The Labute approximate surface area is 136 Å². The maximum Gasteiger partial charge on any atom is 0.246 e. The largest absolute Gasteiger partial charge is 0.469 e. The molecule has 1 aromatic heterocycles. The first-order valence-electron chi connectivity index (χ1n) is 7.67. The number of hydrogen-bond donors (Lipinski definition) is 3. The minimum Gasteiger partial charge on any atom is -0.469 e. The molecule has 0 aliphatic rings. The van der Waals surface area contributed by atoms with Gasteiger partial charge in [-0.1, -0.05) is 18.2 Å². The van der Waals surface area contributed by atoms with Crippen LogP contribution in [0.4, 0.5) is 5.69 Å². The maximum absolute atomic E-state index is 11.9. The van der Waals surface area contributed by atoms with Crippen LogP contribution >= 0.6 is 0 Å². The van der Waals surface area contributed by atoms with Crippen LogP contribution in [-0.4, -0.2) is 31.5 Å². The van der Waals surface area contributed by atoms with Gasteiger partial charge < -0.3 is 20.4 Å². The Morgan fingerprint density at radius 3 is 2.65 bits per heavy atom. The van der Waals surface area contributed by atoms with Crippen LogP contribution in [0.1, 0.15) is 12.7 Å². The van der Waals surface area contributed by atoms with Gasteiger partial charge in [0.2, 0.25) is 5.91 Å². The number of rotatable bonds is 7. The zero-order chi connectivity index (χ0) is 16.3. The molecule has 2 rings (SSSR count). The molecule has 122 valence electrons. The van der Waals surface area contributed by atoms with Gasteiger partial charge in [0.1, 0.15) is 12.3 Å². The minimum atomic E-state index is -0.153. The summed E-state index contributed by atoms with van der Waals surface area (Å²) in [5.41, 5.74) is 0.767. The minimum absolute atomic E-state index is 0.0605. The number of anilines is 1.